The molecule has 0 amide bonds. The largest absolute Gasteiger partial charge is 0.411 e. The van der Waals surface area contributed by atoms with Crippen molar-refractivity contribution in [2.45, 2.75) is 51.4 Å². The third kappa shape index (κ3) is 7.74. The Kier molecular flexibility index (Phi) is 7.10. The van der Waals surface area contributed by atoms with Crippen molar-refractivity contribution in [3.8, 4) is 0 Å². The second kappa shape index (κ2) is 8.07. The zero-order valence-electron chi connectivity index (χ0n) is 11.8. The Morgan fingerprint density at radius 2 is 2.11 bits per heavy atom. The van der Waals surface area contributed by atoms with Crippen molar-refractivity contribution < 1.29 is 17.9 Å². The summed E-state index contributed by atoms with van der Waals surface area (Å²) in [6.07, 6.45) is -1.18. The van der Waals surface area contributed by atoms with E-state index in [1.165, 1.54) is 12.8 Å². The van der Waals surface area contributed by atoms with Gasteiger partial charge in [-0.25, -0.2) is 0 Å². The van der Waals surface area contributed by atoms with Gasteiger partial charge in [0, 0.05) is 31.8 Å². The third-order valence-electron chi connectivity index (χ3n) is 3.35. The topological polar surface area (TPSA) is 24.5 Å². The normalized spacial score (nSPS) is 20.7. The number of nitrogens with one attached hydrogen (secondary N) is 1. The predicted molar refractivity (Wildman–Crippen MR) is 69.2 cm³/mol. The summed E-state index contributed by atoms with van der Waals surface area (Å²) in [5.74, 6) is 0. The van der Waals surface area contributed by atoms with Gasteiger partial charge in [0.15, 0.2) is 0 Å². The van der Waals surface area contributed by atoms with Crippen LogP contribution in [-0.2, 0) is 4.74 Å². The fourth-order valence-electron chi connectivity index (χ4n) is 2.31. The van der Waals surface area contributed by atoms with Crippen LogP contribution in [0.15, 0.2) is 0 Å². The van der Waals surface area contributed by atoms with E-state index in [-0.39, 0.29) is 6.61 Å². The molecule has 0 aromatic rings. The zero-order valence-corrected chi connectivity index (χ0v) is 11.8. The standard InChI is InChI=1S/C13H25F3N2O/c1-11(2)18(9-12-5-3-6-17-12)7-4-8-19-10-13(14,15)16/h11-12,17H,3-10H2,1-2H3. The van der Waals surface area contributed by atoms with Crippen LogP contribution in [0.25, 0.3) is 0 Å². The SMILES string of the molecule is CC(C)N(CCCOCC(F)(F)F)CC1CCCN1. The number of alkyl halides is 3. The second-order valence-electron chi connectivity index (χ2n) is 5.40. The molecule has 1 heterocycles. The van der Waals surface area contributed by atoms with Crippen molar-refractivity contribution in [3.63, 3.8) is 0 Å². The highest BCUT2D eigenvalue weighted by Crippen LogP contribution is 2.14. The Balaban J connectivity index is 2.15. The van der Waals surface area contributed by atoms with Crippen molar-refractivity contribution in [1.82, 2.24) is 10.2 Å². The summed E-state index contributed by atoms with van der Waals surface area (Å²) in [7, 11) is 0. The van der Waals surface area contributed by atoms with Crippen LogP contribution in [0.2, 0.25) is 0 Å². The summed E-state index contributed by atoms with van der Waals surface area (Å²) in [5, 5.41) is 3.44. The van der Waals surface area contributed by atoms with Gasteiger partial charge < -0.3 is 10.1 Å². The Morgan fingerprint density at radius 3 is 2.63 bits per heavy atom. The minimum atomic E-state index is -4.22. The molecule has 0 saturated carbocycles. The van der Waals surface area contributed by atoms with E-state index in [9.17, 15) is 13.2 Å². The summed E-state index contributed by atoms with van der Waals surface area (Å²) in [6, 6.07) is 0.934. The molecule has 1 saturated heterocycles. The summed E-state index contributed by atoms with van der Waals surface area (Å²) >= 11 is 0. The first-order valence-corrected chi connectivity index (χ1v) is 7.00. The number of ether oxygens (including phenoxy) is 1. The summed E-state index contributed by atoms with van der Waals surface area (Å²) in [4.78, 5) is 2.31. The van der Waals surface area contributed by atoms with Gasteiger partial charge in [0.1, 0.15) is 6.61 Å². The molecular weight excluding hydrogens is 257 g/mol. The smallest absolute Gasteiger partial charge is 0.372 e. The Morgan fingerprint density at radius 1 is 1.37 bits per heavy atom. The van der Waals surface area contributed by atoms with Gasteiger partial charge in [0.25, 0.3) is 0 Å². The minimum absolute atomic E-state index is 0.167. The van der Waals surface area contributed by atoms with Gasteiger partial charge >= 0.3 is 6.18 Å². The van der Waals surface area contributed by atoms with Gasteiger partial charge in [0.2, 0.25) is 0 Å². The first kappa shape index (κ1) is 16.7. The summed E-state index contributed by atoms with van der Waals surface area (Å²) in [5.41, 5.74) is 0. The van der Waals surface area contributed by atoms with Crippen LogP contribution in [0.5, 0.6) is 0 Å². The Labute approximate surface area is 113 Å². The number of halogens is 3. The molecule has 6 heteroatoms. The zero-order chi connectivity index (χ0) is 14.3. The maximum Gasteiger partial charge on any atom is 0.411 e. The molecule has 1 unspecified atom stereocenters. The lowest BCUT2D eigenvalue weighted by Crippen LogP contribution is -2.42. The van der Waals surface area contributed by atoms with E-state index < -0.39 is 12.8 Å². The molecule has 0 radical (unpaired) electrons. The van der Waals surface area contributed by atoms with E-state index in [4.69, 9.17) is 0 Å². The van der Waals surface area contributed by atoms with Gasteiger partial charge in [-0.2, -0.15) is 13.2 Å². The maximum absolute atomic E-state index is 11.9. The summed E-state index contributed by atoms with van der Waals surface area (Å²) in [6.45, 7) is 6.09. The monoisotopic (exact) mass is 282 g/mol. The van der Waals surface area contributed by atoms with Crippen LogP contribution in [0.3, 0.4) is 0 Å². The molecule has 114 valence electrons. The molecule has 0 bridgehead atoms. The molecule has 0 spiro atoms. The Bertz CT molecular complexity index is 241. The average molecular weight is 282 g/mol. The van der Waals surface area contributed by atoms with Crippen molar-refractivity contribution in [3.05, 3.63) is 0 Å². The van der Waals surface area contributed by atoms with Crippen molar-refractivity contribution >= 4 is 0 Å². The first-order chi connectivity index (χ1) is 8.88. The van der Waals surface area contributed by atoms with Gasteiger partial charge in [-0.3, -0.25) is 4.90 Å². The molecule has 1 aliphatic heterocycles. The van der Waals surface area contributed by atoms with Gasteiger partial charge in [-0.15, -0.1) is 0 Å². The molecule has 0 aromatic carbocycles. The van der Waals surface area contributed by atoms with E-state index in [1.54, 1.807) is 0 Å². The molecule has 1 fully saturated rings. The molecule has 1 aliphatic rings. The number of hydrogen-bond acceptors (Lipinski definition) is 3. The number of hydrogen-bond donors (Lipinski definition) is 1. The van der Waals surface area contributed by atoms with Crippen molar-refractivity contribution in [1.29, 1.82) is 0 Å². The molecule has 0 aromatic heterocycles. The Hall–Kier alpha value is -0.330. The van der Waals surface area contributed by atoms with Gasteiger partial charge in [0.05, 0.1) is 0 Å². The van der Waals surface area contributed by atoms with E-state index in [1.807, 2.05) is 0 Å². The minimum Gasteiger partial charge on any atom is -0.372 e. The molecule has 0 aliphatic carbocycles. The van der Waals surface area contributed by atoms with Crippen LogP contribution >= 0.6 is 0 Å². The quantitative estimate of drug-likeness (QED) is 0.692. The summed E-state index contributed by atoms with van der Waals surface area (Å²) < 4.78 is 40.3. The predicted octanol–water partition coefficient (Wildman–Crippen LogP) is 2.42. The first-order valence-electron chi connectivity index (χ1n) is 7.00. The highest BCUT2D eigenvalue weighted by Gasteiger charge is 2.27. The lowest BCUT2D eigenvalue weighted by atomic mass is 10.2. The van der Waals surface area contributed by atoms with Crippen LogP contribution in [0.1, 0.15) is 33.1 Å². The van der Waals surface area contributed by atoms with E-state index in [0.717, 1.165) is 19.6 Å². The second-order valence-corrected chi connectivity index (χ2v) is 5.40. The van der Waals surface area contributed by atoms with Gasteiger partial charge in [-0.05, 0) is 39.7 Å². The number of nitrogens with zero attached hydrogens (tertiary/aromatic N) is 1. The lowest BCUT2D eigenvalue weighted by molar-refractivity contribution is -0.174. The molecular formula is C13H25F3N2O. The molecule has 1 rings (SSSR count). The number of rotatable bonds is 8. The molecule has 1 N–H and O–H groups in total. The van der Waals surface area contributed by atoms with Crippen LogP contribution in [-0.4, -0.2) is 56.0 Å². The fourth-order valence-corrected chi connectivity index (χ4v) is 2.31. The third-order valence-corrected chi connectivity index (χ3v) is 3.35. The average Bonchev–Trinajstić information content (AvgIpc) is 2.78. The fraction of sp³-hybridized carbons (Fsp3) is 1.00. The van der Waals surface area contributed by atoms with E-state index in [2.05, 4.69) is 28.8 Å². The van der Waals surface area contributed by atoms with E-state index in [0.29, 0.717) is 18.5 Å². The van der Waals surface area contributed by atoms with Crippen molar-refractivity contribution in [2.24, 2.45) is 0 Å². The van der Waals surface area contributed by atoms with Crippen LogP contribution in [0, 0.1) is 0 Å². The molecule has 3 nitrogen and oxygen atoms in total. The van der Waals surface area contributed by atoms with E-state index >= 15 is 0 Å². The molecule has 1 atom stereocenters. The van der Waals surface area contributed by atoms with Crippen LogP contribution < -0.4 is 5.32 Å². The highest BCUT2D eigenvalue weighted by molar-refractivity contribution is 4.79. The van der Waals surface area contributed by atoms with Gasteiger partial charge in [-0.1, -0.05) is 0 Å². The maximum atomic E-state index is 11.9. The lowest BCUT2D eigenvalue weighted by Gasteiger charge is -2.29. The van der Waals surface area contributed by atoms with Crippen molar-refractivity contribution in [2.75, 3.05) is 32.8 Å². The van der Waals surface area contributed by atoms with Crippen LogP contribution in [0.4, 0.5) is 13.2 Å². The highest BCUT2D eigenvalue weighted by atomic mass is 19.4. The molecule has 19 heavy (non-hydrogen) atoms.